The number of aromatic nitrogens is 1. The Morgan fingerprint density at radius 1 is 1.21 bits per heavy atom. The zero-order chi connectivity index (χ0) is 13.5. The molecule has 1 heterocycles. The first kappa shape index (κ1) is 12.9. The molecule has 2 rings (SSSR count). The van der Waals surface area contributed by atoms with E-state index in [0.717, 1.165) is 18.1 Å². The van der Waals surface area contributed by atoms with Gasteiger partial charge in [-0.25, -0.2) is 4.98 Å². The molecule has 0 atom stereocenters. The highest BCUT2D eigenvalue weighted by Gasteiger charge is 2.03. The van der Waals surface area contributed by atoms with E-state index < -0.39 is 0 Å². The van der Waals surface area contributed by atoms with Crippen LogP contribution in [0.5, 0.6) is 5.75 Å². The number of nitrogens with zero attached hydrogens (tertiary/aromatic N) is 2. The first-order chi connectivity index (χ1) is 9.33. The monoisotopic (exact) mass is 253 g/mol. The predicted molar refractivity (Wildman–Crippen MR) is 73.9 cm³/mol. The van der Waals surface area contributed by atoms with Crippen molar-refractivity contribution in [3.05, 3.63) is 53.7 Å². The molecular formula is C15H15N3O. The summed E-state index contributed by atoms with van der Waals surface area (Å²) in [6.07, 6.45) is 0. The molecule has 2 aromatic rings. The Hall–Kier alpha value is -2.54. The summed E-state index contributed by atoms with van der Waals surface area (Å²) in [5.41, 5.74) is 1.36. The van der Waals surface area contributed by atoms with Crippen LogP contribution in [0.25, 0.3) is 0 Å². The quantitative estimate of drug-likeness (QED) is 0.890. The molecule has 0 amide bonds. The highest BCUT2D eigenvalue weighted by Crippen LogP contribution is 2.18. The number of nitrogens with one attached hydrogen (secondary N) is 1. The molecule has 1 aromatic carbocycles. The van der Waals surface area contributed by atoms with Gasteiger partial charge in [0.2, 0.25) is 0 Å². The van der Waals surface area contributed by atoms with Gasteiger partial charge in [0.15, 0.2) is 0 Å². The van der Waals surface area contributed by atoms with Crippen molar-refractivity contribution in [3.63, 3.8) is 0 Å². The maximum Gasteiger partial charge on any atom is 0.137 e. The summed E-state index contributed by atoms with van der Waals surface area (Å²) in [6.45, 7) is 3.19. The normalized spacial score (nSPS) is 9.68. The van der Waals surface area contributed by atoms with E-state index in [0.29, 0.717) is 17.9 Å². The minimum absolute atomic E-state index is 0.345. The number of para-hydroxylation sites is 1. The van der Waals surface area contributed by atoms with Crippen LogP contribution in [0.1, 0.15) is 18.2 Å². The molecule has 0 fully saturated rings. The molecule has 19 heavy (non-hydrogen) atoms. The van der Waals surface area contributed by atoms with Gasteiger partial charge in [0.05, 0.1) is 11.3 Å². The van der Waals surface area contributed by atoms with Gasteiger partial charge < -0.3 is 10.1 Å². The summed E-state index contributed by atoms with van der Waals surface area (Å²) in [5.74, 6) is 1.41. The third-order valence-electron chi connectivity index (χ3n) is 2.55. The molecule has 0 aliphatic carbocycles. The molecule has 0 bridgehead atoms. The van der Waals surface area contributed by atoms with E-state index in [9.17, 15) is 0 Å². The van der Waals surface area contributed by atoms with Gasteiger partial charge in [-0.1, -0.05) is 18.2 Å². The Balaban J connectivity index is 2.06. The van der Waals surface area contributed by atoms with Crippen LogP contribution in [-0.4, -0.2) is 11.5 Å². The van der Waals surface area contributed by atoms with Crippen LogP contribution in [0.2, 0.25) is 0 Å². The SMILES string of the molecule is CCNc1cccc(COc2ccccc2C#N)n1. The zero-order valence-corrected chi connectivity index (χ0v) is 10.8. The van der Waals surface area contributed by atoms with E-state index >= 15 is 0 Å². The summed E-state index contributed by atoms with van der Waals surface area (Å²) < 4.78 is 5.63. The van der Waals surface area contributed by atoms with Gasteiger partial charge in [-0.05, 0) is 31.2 Å². The zero-order valence-electron chi connectivity index (χ0n) is 10.8. The van der Waals surface area contributed by atoms with Crippen molar-refractivity contribution in [3.8, 4) is 11.8 Å². The van der Waals surface area contributed by atoms with Gasteiger partial charge in [0, 0.05) is 6.54 Å². The second kappa shape index (κ2) is 6.41. The van der Waals surface area contributed by atoms with E-state index in [1.165, 1.54) is 0 Å². The van der Waals surface area contributed by atoms with Crippen molar-refractivity contribution in [2.75, 3.05) is 11.9 Å². The summed E-state index contributed by atoms with van der Waals surface area (Å²) in [7, 11) is 0. The molecule has 0 aliphatic heterocycles. The van der Waals surface area contributed by atoms with Crippen LogP contribution < -0.4 is 10.1 Å². The molecule has 96 valence electrons. The fraction of sp³-hybridized carbons (Fsp3) is 0.200. The third-order valence-corrected chi connectivity index (χ3v) is 2.55. The Morgan fingerprint density at radius 3 is 2.84 bits per heavy atom. The van der Waals surface area contributed by atoms with Gasteiger partial charge in [-0.2, -0.15) is 5.26 Å². The molecule has 0 radical (unpaired) electrons. The molecule has 1 N–H and O–H groups in total. The molecule has 1 aromatic heterocycles. The highest BCUT2D eigenvalue weighted by molar-refractivity contribution is 5.42. The molecule has 0 spiro atoms. The van der Waals surface area contributed by atoms with Crippen molar-refractivity contribution >= 4 is 5.82 Å². The number of hydrogen-bond donors (Lipinski definition) is 1. The molecule has 0 aliphatic rings. The van der Waals surface area contributed by atoms with E-state index in [1.54, 1.807) is 12.1 Å². The Morgan fingerprint density at radius 2 is 2.05 bits per heavy atom. The minimum Gasteiger partial charge on any atom is -0.486 e. The maximum atomic E-state index is 8.97. The average Bonchev–Trinajstić information content (AvgIpc) is 2.46. The van der Waals surface area contributed by atoms with Crippen LogP contribution in [-0.2, 0) is 6.61 Å². The van der Waals surface area contributed by atoms with Crippen molar-refractivity contribution in [1.29, 1.82) is 5.26 Å². The molecule has 0 unspecified atom stereocenters. The van der Waals surface area contributed by atoms with E-state index in [4.69, 9.17) is 10.00 Å². The lowest BCUT2D eigenvalue weighted by Gasteiger charge is -2.08. The van der Waals surface area contributed by atoms with Crippen molar-refractivity contribution < 1.29 is 4.74 Å². The smallest absolute Gasteiger partial charge is 0.137 e. The fourth-order valence-corrected chi connectivity index (χ4v) is 1.68. The molecule has 4 nitrogen and oxygen atoms in total. The standard InChI is InChI=1S/C15H15N3O/c1-2-17-15-9-5-7-13(18-15)11-19-14-8-4-3-6-12(14)10-16/h3-9H,2,11H2,1H3,(H,17,18). The van der Waals surface area contributed by atoms with E-state index in [1.807, 2.05) is 37.3 Å². The van der Waals surface area contributed by atoms with Crippen LogP contribution in [0.3, 0.4) is 0 Å². The maximum absolute atomic E-state index is 8.97. The summed E-state index contributed by atoms with van der Waals surface area (Å²) in [5, 5.41) is 12.1. The second-order valence-corrected chi connectivity index (χ2v) is 3.94. The first-order valence-corrected chi connectivity index (χ1v) is 6.15. The molecule has 4 heteroatoms. The summed E-state index contributed by atoms with van der Waals surface area (Å²) in [6, 6.07) is 15.0. The van der Waals surface area contributed by atoms with Crippen molar-refractivity contribution in [1.82, 2.24) is 4.98 Å². The molecule has 0 saturated carbocycles. The Labute approximate surface area is 112 Å². The van der Waals surface area contributed by atoms with Crippen molar-refractivity contribution in [2.24, 2.45) is 0 Å². The number of rotatable bonds is 5. The minimum atomic E-state index is 0.345. The lowest BCUT2D eigenvalue weighted by atomic mass is 10.2. The van der Waals surface area contributed by atoms with Crippen molar-refractivity contribution in [2.45, 2.75) is 13.5 Å². The lowest BCUT2D eigenvalue weighted by molar-refractivity contribution is 0.300. The van der Waals surface area contributed by atoms with E-state index in [2.05, 4.69) is 16.4 Å². The Kier molecular flexibility index (Phi) is 4.35. The van der Waals surface area contributed by atoms with Crippen LogP contribution in [0.15, 0.2) is 42.5 Å². The predicted octanol–water partition coefficient (Wildman–Crippen LogP) is 2.96. The third kappa shape index (κ3) is 3.46. The van der Waals surface area contributed by atoms with Gasteiger partial charge in [0.1, 0.15) is 24.2 Å². The largest absolute Gasteiger partial charge is 0.486 e. The number of ether oxygens (including phenoxy) is 1. The summed E-state index contributed by atoms with van der Waals surface area (Å²) in [4.78, 5) is 4.41. The first-order valence-electron chi connectivity index (χ1n) is 6.15. The van der Waals surface area contributed by atoms with Crippen LogP contribution in [0, 0.1) is 11.3 Å². The molecular weight excluding hydrogens is 238 g/mol. The number of benzene rings is 1. The summed E-state index contributed by atoms with van der Waals surface area (Å²) >= 11 is 0. The van der Waals surface area contributed by atoms with E-state index in [-0.39, 0.29) is 0 Å². The fourth-order valence-electron chi connectivity index (χ4n) is 1.68. The highest BCUT2D eigenvalue weighted by atomic mass is 16.5. The topological polar surface area (TPSA) is 57.9 Å². The Bertz CT molecular complexity index is 590. The number of pyridine rings is 1. The second-order valence-electron chi connectivity index (χ2n) is 3.94. The number of anilines is 1. The van der Waals surface area contributed by atoms with Crippen LogP contribution >= 0.6 is 0 Å². The molecule has 0 saturated heterocycles. The van der Waals surface area contributed by atoms with Crippen LogP contribution in [0.4, 0.5) is 5.82 Å². The average molecular weight is 253 g/mol. The lowest BCUT2D eigenvalue weighted by Crippen LogP contribution is -2.03. The van der Waals surface area contributed by atoms with Gasteiger partial charge in [0.25, 0.3) is 0 Å². The number of hydrogen-bond acceptors (Lipinski definition) is 4. The number of nitriles is 1. The van der Waals surface area contributed by atoms with Gasteiger partial charge >= 0.3 is 0 Å². The van der Waals surface area contributed by atoms with Gasteiger partial charge in [-0.15, -0.1) is 0 Å². The van der Waals surface area contributed by atoms with Gasteiger partial charge in [-0.3, -0.25) is 0 Å².